The number of aliphatic hydroxyl groups is 1. The number of β-amino-alcohol motifs (C(OH)–C–C–N with tert-alkyl or cyclic N) is 1. The van der Waals surface area contributed by atoms with E-state index in [1.165, 1.54) is 0 Å². The number of hydrogen-bond donors (Lipinski definition) is 2. The van der Waals surface area contributed by atoms with Crippen LogP contribution in [0.1, 0.15) is 16.9 Å². The summed E-state index contributed by atoms with van der Waals surface area (Å²) in [4.78, 5) is 13.5. The number of aliphatic hydroxyl groups excluding tert-OH is 1. The zero-order chi connectivity index (χ0) is 11.5. The maximum Gasteiger partial charge on any atom is 0.276 e. The largest absolute Gasteiger partial charge is 0.391 e. The number of nitrogens with two attached hydrogens (primary N) is 1. The van der Waals surface area contributed by atoms with Crippen molar-refractivity contribution in [2.24, 2.45) is 5.73 Å². The summed E-state index contributed by atoms with van der Waals surface area (Å²) in [5, 5.41) is 16.9. The van der Waals surface area contributed by atoms with Gasteiger partial charge in [-0.25, -0.2) is 0 Å². The van der Waals surface area contributed by atoms with E-state index in [1.54, 1.807) is 15.8 Å². The Morgan fingerprint density at radius 2 is 2.50 bits per heavy atom. The average molecular weight is 225 g/mol. The topological polar surface area (TPSA) is 97.3 Å². The summed E-state index contributed by atoms with van der Waals surface area (Å²) in [5.74, 6) is -0.181. The molecule has 1 fully saturated rings. The highest BCUT2D eigenvalue weighted by Gasteiger charge is 2.26. The zero-order valence-electron chi connectivity index (χ0n) is 8.91. The van der Waals surface area contributed by atoms with Crippen molar-refractivity contribution in [2.75, 3.05) is 19.6 Å². The molecule has 1 aromatic heterocycles. The predicted octanol–water partition coefficient (Wildman–Crippen LogP) is -1.56. The number of nitrogens with zero attached hydrogens (tertiary/aromatic N) is 4. The van der Waals surface area contributed by atoms with Crippen LogP contribution in [0.3, 0.4) is 0 Å². The van der Waals surface area contributed by atoms with Crippen molar-refractivity contribution in [1.82, 2.24) is 19.9 Å². The molecule has 0 spiro atoms. The lowest BCUT2D eigenvalue weighted by atomic mass is 10.3. The zero-order valence-corrected chi connectivity index (χ0v) is 8.91. The number of hydrogen-bond acceptors (Lipinski definition) is 5. The lowest BCUT2D eigenvalue weighted by Gasteiger charge is -2.12. The molecule has 0 radical (unpaired) electrons. The highest BCUT2D eigenvalue weighted by atomic mass is 16.3. The van der Waals surface area contributed by atoms with Gasteiger partial charge in [-0.1, -0.05) is 5.21 Å². The fourth-order valence-electron chi connectivity index (χ4n) is 1.73. The van der Waals surface area contributed by atoms with Gasteiger partial charge in [-0.05, 0) is 6.42 Å². The van der Waals surface area contributed by atoms with Gasteiger partial charge < -0.3 is 15.7 Å². The Morgan fingerprint density at radius 1 is 1.69 bits per heavy atom. The molecule has 2 rings (SSSR count). The molecule has 88 valence electrons. The minimum atomic E-state index is -0.414. The first kappa shape index (κ1) is 11.0. The van der Waals surface area contributed by atoms with Crippen molar-refractivity contribution in [3.8, 4) is 0 Å². The predicted molar refractivity (Wildman–Crippen MR) is 55.6 cm³/mol. The molecule has 16 heavy (non-hydrogen) atoms. The summed E-state index contributed by atoms with van der Waals surface area (Å²) in [6, 6.07) is 0. The minimum absolute atomic E-state index is 0.181. The first-order chi connectivity index (χ1) is 7.70. The van der Waals surface area contributed by atoms with Gasteiger partial charge >= 0.3 is 0 Å². The molecule has 0 aliphatic carbocycles. The Labute approximate surface area is 92.8 Å². The number of amides is 1. The van der Waals surface area contributed by atoms with E-state index >= 15 is 0 Å². The highest BCUT2D eigenvalue weighted by Crippen LogP contribution is 2.11. The Hall–Kier alpha value is -1.47. The molecule has 1 atom stereocenters. The summed E-state index contributed by atoms with van der Waals surface area (Å²) in [7, 11) is 0. The summed E-state index contributed by atoms with van der Waals surface area (Å²) in [5.41, 5.74) is 5.68. The number of rotatable bonds is 3. The van der Waals surface area contributed by atoms with Crippen molar-refractivity contribution < 1.29 is 9.90 Å². The van der Waals surface area contributed by atoms with Gasteiger partial charge in [0.25, 0.3) is 5.91 Å². The second-order valence-corrected chi connectivity index (χ2v) is 3.85. The molecule has 0 bridgehead atoms. The van der Waals surface area contributed by atoms with Crippen LogP contribution in [0.5, 0.6) is 0 Å². The Kier molecular flexibility index (Phi) is 3.16. The van der Waals surface area contributed by atoms with Crippen LogP contribution in [0.4, 0.5) is 0 Å². The number of carbonyl (C=O) groups is 1. The molecule has 1 saturated heterocycles. The van der Waals surface area contributed by atoms with Gasteiger partial charge in [0.15, 0.2) is 5.69 Å². The molecule has 2 heterocycles. The molecule has 1 aliphatic heterocycles. The summed E-state index contributed by atoms with van der Waals surface area (Å²) < 4.78 is 1.54. The van der Waals surface area contributed by atoms with Crippen LogP contribution in [0.15, 0.2) is 6.20 Å². The van der Waals surface area contributed by atoms with Gasteiger partial charge in [-0.2, -0.15) is 0 Å². The number of likely N-dealkylation sites (tertiary alicyclic amines) is 1. The minimum Gasteiger partial charge on any atom is -0.391 e. The second-order valence-electron chi connectivity index (χ2n) is 3.85. The van der Waals surface area contributed by atoms with E-state index in [0.29, 0.717) is 38.3 Å². The smallest absolute Gasteiger partial charge is 0.276 e. The molecule has 0 saturated carbocycles. The maximum atomic E-state index is 11.9. The highest BCUT2D eigenvalue weighted by molar-refractivity contribution is 5.92. The fourth-order valence-corrected chi connectivity index (χ4v) is 1.73. The van der Waals surface area contributed by atoms with Crippen molar-refractivity contribution >= 4 is 5.91 Å². The lowest BCUT2D eigenvalue weighted by molar-refractivity contribution is 0.0759. The van der Waals surface area contributed by atoms with Crippen molar-refractivity contribution in [1.29, 1.82) is 0 Å². The van der Waals surface area contributed by atoms with Gasteiger partial charge in [0.2, 0.25) is 0 Å². The summed E-state index contributed by atoms with van der Waals surface area (Å²) >= 11 is 0. The molecule has 0 aromatic carbocycles. The van der Waals surface area contributed by atoms with Crippen LogP contribution < -0.4 is 5.73 Å². The van der Waals surface area contributed by atoms with E-state index in [2.05, 4.69) is 10.3 Å². The third-order valence-corrected chi connectivity index (χ3v) is 2.57. The normalized spacial score (nSPS) is 20.4. The van der Waals surface area contributed by atoms with E-state index in [9.17, 15) is 9.90 Å². The standard InChI is InChI=1S/C9H15N5O2/c10-2-4-14-6-8(11-12-14)9(16)13-3-1-7(15)5-13/h6-7,15H,1-5,10H2/t7-/m0/s1. The Morgan fingerprint density at radius 3 is 3.12 bits per heavy atom. The third kappa shape index (κ3) is 2.20. The number of carbonyl (C=O) groups excluding carboxylic acids is 1. The van der Waals surface area contributed by atoms with Crippen LogP contribution in [0, 0.1) is 0 Å². The van der Waals surface area contributed by atoms with Crippen LogP contribution in [-0.2, 0) is 6.54 Å². The molecule has 7 nitrogen and oxygen atoms in total. The van der Waals surface area contributed by atoms with Crippen LogP contribution >= 0.6 is 0 Å². The van der Waals surface area contributed by atoms with E-state index < -0.39 is 6.10 Å². The van der Waals surface area contributed by atoms with Crippen molar-refractivity contribution in [2.45, 2.75) is 19.1 Å². The monoisotopic (exact) mass is 225 g/mol. The molecule has 7 heteroatoms. The first-order valence-electron chi connectivity index (χ1n) is 5.28. The van der Waals surface area contributed by atoms with Gasteiger partial charge in [0, 0.05) is 19.6 Å². The SMILES string of the molecule is NCCn1cc(C(=O)N2CC[C@H](O)C2)nn1. The summed E-state index contributed by atoms with van der Waals surface area (Å²) in [6.07, 6.45) is 1.80. The van der Waals surface area contributed by atoms with E-state index in [1.807, 2.05) is 0 Å². The van der Waals surface area contributed by atoms with Gasteiger partial charge in [-0.3, -0.25) is 9.48 Å². The van der Waals surface area contributed by atoms with Gasteiger partial charge in [-0.15, -0.1) is 5.10 Å². The first-order valence-corrected chi connectivity index (χ1v) is 5.28. The quantitative estimate of drug-likeness (QED) is 0.648. The van der Waals surface area contributed by atoms with Crippen molar-refractivity contribution in [3.63, 3.8) is 0 Å². The second kappa shape index (κ2) is 4.58. The molecular formula is C9H15N5O2. The molecular weight excluding hydrogens is 210 g/mol. The Bertz CT molecular complexity index is 378. The third-order valence-electron chi connectivity index (χ3n) is 2.57. The van der Waals surface area contributed by atoms with Crippen LogP contribution in [-0.4, -0.2) is 56.6 Å². The number of aromatic nitrogens is 3. The average Bonchev–Trinajstić information content (AvgIpc) is 2.87. The molecule has 3 N–H and O–H groups in total. The molecule has 1 amide bonds. The van der Waals surface area contributed by atoms with E-state index in [4.69, 9.17) is 5.73 Å². The van der Waals surface area contributed by atoms with E-state index in [-0.39, 0.29) is 5.91 Å². The van der Waals surface area contributed by atoms with Crippen LogP contribution in [0.2, 0.25) is 0 Å². The van der Waals surface area contributed by atoms with E-state index in [0.717, 1.165) is 0 Å². The molecule has 1 aromatic rings. The summed E-state index contributed by atoms with van der Waals surface area (Å²) in [6.45, 7) is 1.95. The van der Waals surface area contributed by atoms with Gasteiger partial charge in [0.05, 0.1) is 18.8 Å². The van der Waals surface area contributed by atoms with Crippen molar-refractivity contribution in [3.05, 3.63) is 11.9 Å². The molecule has 0 unspecified atom stereocenters. The fraction of sp³-hybridized carbons (Fsp3) is 0.667. The molecule has 1 aliphatic rings. The Balaban J connectivity index is 2.03. The van der Waals surface area contributed by atoms with Crippen LogP contribution in [0.25, 0.3) is 0 Å². The maximum absolute atomic E-state index is 11.9. The lowest BCUT2D eigenvalue weighted by Crippen LogP contribution is -2.29. The van der Waals surface area contributed by atoms with Gasteiger partial charge in [0.1, 0.15) is 0 Å².